The lowest BCUT2D eigenvalue weighted by molar-refractivity contribution is 0.123. The van der Waals surface area contributed by atoms with Crippen molar-refractivity contribution < 1.29 is 4.74 Å². The van der Waals surface area contributed by atoms with Crippen LogP contribution in [0.2, 0.25) is 0 Å². The average Bonchev–Trinajstić information content (AvgIpc) is 2.56. The molecule has 0 bridgehead atoms. The smallest absolute Gasteiger partial charge is 0.163 e. The van der Waals surface area contributed by atoms with Gasteiger partial charge in [0.15, 0.2) is 5.57 Å². The summed E-state index contributed by atoms with van der Waals surface area (Å²) in [6.07, 6.45) is 0. The lowest BCUT2D eigenvalue weighted by Crippen LogP contribution is -2.36. The van der Waals surface area contributed by atoms with Gasteiger partial charge in [0.1, 0.15) is 23.9 Å². The third-order valence-electron chi connectivity index (χ3n) is 3.35. The predicted octanol–water partition coefficient (Wildman–Crippen LogP) is 2.07. The van der Waals surface area contributed by atoms with E-state index in [9.17, 15) is 5.26 Å². The zero-order valence-corrected chi connectivity index (χ0v) is 12.3. The van der Waals surface area contributed by atoms with Crippen LogP contribution < -0.4 is 10.2 Å². The number of allylic oxidation sites excluding steroid dienone is 2. The minimum Gasteiger partial charge on any atom is -0.378 e. The van der Waals surface area contributed by atoms with Gasteiger partial charge in [-0.15, -0.1) is 0 Å². The van der Waals surface area contributed by atoms with Crippen molar-refractivity contribution in [2.45, 2.75) is 6.92 Å². The Bertz CT molecular complexity index is 696. The molecule has 1 fully saturated rings. The maximum atomic E-state index is 9.18. The molecule has 6 heteroatoms. The number of nitriles is 3. The van der Waals surface area contributed by atoms with E-state index in [-0.39, 0.29) is 11.3 Å². The number of benzene rings is 1. The van der Waals surface area contributed by atoms with Gasteiger partial charge in [-0.2, -0.15) is 15.8 Å². The van der Waals surface area contributed by atoms with Crippen LogP contribution in [0.25, 0.3) is 0 Å². The highest BCUT2D eigenvalue weighted by molar-refractivity contribution is 5.74. The van der Waals surface area contributed by atoms with E-state index in [0.29, 0.717) is 18.9 Å². The van der Waals surface area contributed by atoms with Gasteiger partial charge in [-0.05, 0) is 24.6 Å². The second-order valence-corrected chi connectivity index (χ2v) is 4.83. The van der Waals surface area contributed by atoms with E-state index in [1.165, 1.54) is 0 Å². The molecule has 0 amide bonds. The normalized spacial score (nSPS) is 13.5. The van der Waals surface area contributed by atoms with E-state index < -0.39 is 0 Å². The van der Waals surface area contributed by atoms with E-state index in [2.05, 4.69) is 10.2 Å². The van der Waals surface area contributed by atoms with Gasteiger partial charge in [0.05, 0.1) is 24.6 Å². The fraction of sp³-hybridized carbons (Fsp3) is 0.312. The fourth-order valence-electron chi connectivity index (χ4n) is 2.25. The molecule has 22 heavy (non-hydrogen) atoms. The Morgan fingerprint density at radius 1 is 1.14 bits per heavy atom. The number of ether oxygens (including phenoxy) is 1. The van der Waals surface area contributed by atoms with Crippen molar-refractivity contribution in [1.82, 2.24) is 0 Å². The zero-order chi connectivity index (χ0) is 15.9. The van der Waals surface area contributed by atoms with E-state index in [1.807, 2.05) is 31.2 Å². The molecule has 1 aliphatic heterocycles. The molecule has 0 atom stereocenters. The van der Waals surface area contributed by atoms with Crippen LogP contribution in [0.3, 0.4) is 0 Å². The van der Waals surface area contributed by atoms with Crippen LogP contribution in [0.5, 0.6) is 0 Å². The molecule has 6 nitrogen and oxygen atoms in total. The van der Waals surface area contributed by atoms with Crippen molar-refractivity contribution in [3.8, 4) is 18.2 Å². The van der Waals surface area contributed by atoms with Crippen LogP contribution in [-0.2, 0) is 4.74 Å². The first kappa shape index (κ1) is 15.4. The number of morpholine rings is 1. The molecular formula is C16H15N5O. The molecule has 2 rings (SSSR count). The van der Waals surface area contributed by atoms with Crippen molar-refractivity contribution in [2.24, 2.45) is 0 Å². The summed E-state index contributed by atoms with van der Waals surface area (Å²) >= 11 is 0. The van der Waals surface area contributed by atoms with Gasteiger partial charge in [0, 0.05) is 13.1 Å². The van der Waals surface area contributed by atoms with Crippen LogP contribution in [0, 0.1) is 40.9 Å². The highest BCUT2D eigenvalue weighted by Crippen LogP contribution is 2.29. The Morgan fingerprint density at radius 3 is 2.41 bits per heavy atom. The second kappa shape index (κ2) is 7.13. The monoisotopic (exact) mass is 293 g/mol. The third-order valence-corrected chi connectivity index (χ3v) is 3.35. The van der Waals surface area contributed by atoms with Crippen molar-refractivity contribution in [3.05, 3.63) is 35.0 Å². The maximum absolute atomic E-state index is 9.18. The zero-order valence-electron chi connectivity index (χ0n) is 12.3. The quantitative estimate of drug-likeness (QED) is 0.857. The van der Waals surface area contributed by atoms with Crippen LogP contribution in [0.4, 0.5) is 11.4 Å². The van der Waals surface area contributed by atoms with Crippen LogP contribution in [-0.4, -0.2) is 26.3 Å². The number of nitrogens with one attached hydrogen (secondary N) is 1. The largest absolute Gasteiger partial charge is 0.378 e. The Morgan fingerprint density at radius 2 is 1.82 bits per heavy atom. The number of hydrogen-bond donors (Lipinski definition) is 1. The van der Waals surface area contributed by atoms with Crippen LogP contribution in [0.15, 0.2) is 29.5 Å². The van der Waals surface area contributed by atoms with Gasteiger partial charge in [-0.25, -0.2) is 0 Å². The molecule has 1 aromatic carbocycles. The lowest BCUT2D eigenvalue weighted by Gasteiger charge is -2.30. The first-order valence-corrected chi connectivity index (χ1v) is 6.84. The highest BCUT2D eigenvalue weighted by atomic mass is 16.5. The topological polar surface area (TPSA) is 95.9 Å². The van der Waals surface area contributed by atoms with Crippen molar-refractivity contribution >= 4 is 11.4 Å². The molecule has 0 unspecified atom stereocenters. The molecule has 0 radical (unpaired) electrons. The summed E-state index contributed by atoms with van der Waals surface area (Å²) in [4.78, 5) is 2.15. The molecule has 110 valence electrons. The van der Waals surface area contributed by atoms with E-state index >= 15 is 0 Å². The summed E-state index contributed by atoms with van der Waals surface area (Å²) in [5.41, 5.74) is 2.40. The lowest BCUT2D eigenvalue weighted by atomic mass is 10.1. The van der Waals surface area contributed by atoms with E-state index in [1.54, 1.807) is 12.1 Å². The van der Waals surface area contributed by atoms with Crippen LogP contribution >= 0.6 is 0 Å². The van der Waals surface area contributed by atoms with Crippen LogP contribution in [0.1, 0.15) is 5.56 Å². The molecule has 0 saturated carbocycles. The van der Waals surface area contributed by atoms with Gasteiger partial charge < -0.3 is 15.0 Å². The number of rotatable bonds is 3. The number of anilines is 2. The maximum Gasteiger partial charge on any atom is 0.163 e. The minimum atomic E-state index is -0.225. The molecule has 0 spiro atoms. The first-order valence-electron chi connectivity index (χ1n) is 6.84. The summed E-state index contributed by atoms with van der Waals surface area (Å²) in [6, 6.07) is 11.2. The number of aryl methyl sites for hydroxylation is 1. The molecule has 1 aliphatic rings. The van der Waals surface area contributed by atoms with Gasteiger partial charge in [0.25, 0.3) is 0 Å². The highest BCUT2D eigenvalue weighted by Gasteiger charge is 2.16. The molecular weight excluding hydrogens is 278 g/mol. The van der Waals surface area contributed by atoms with E-state index in [4.69, 9.17) is 15.3 Å². The third kappa shape index (κ3) is 3.35. The molecule has 0 aromatic heterocycles. The first-order chi connectivity index (χ1) is 10.7. The minimum absolute atomic E-state index is 0.0369. The van der Waals surface area contributed by atoms with E-state index in [0.717, 1.165) is 24.3 Å². The number of hydrogen-bond acceptors (Lipinski definition) is 6. The van der Waals surface area contributed by atoms with Gasteiger partial charge in [-0.1, -0.05) is 6.07 Å². The van der Waals surface area contributed by atoms with Gasteiger partial charge >= 0.3 is 0 Å². The summed E-state index contributed by atoms with van der Waals surface area (Å²) in [6.45, 7) is 4.75. The summed E-state index contributed by atoms with van der Waals surface area (Å²) in [7, 11) is 0. The van der Waals surface area contributed by atoms with Crippen molar-refractivity contribution in [2.75, 3.05) is 36.5 Å². The van der Waals surface area contributed by atoms with Gasteiger partial charge in [-0.3, -0.25) is 0 Å². The van der Waals surface area contributed by atoms with Crippen molar-refractivity contribution in [1.29, 1.82) is 15.8 Å². The fourth-order valence-corrected chi connectivity index (χ4v) is 2.25. The summed E-state index contributed by atoms with van der Waals surface area (Å²) in [5, 5.41) is 30.0. The Kier molecular flexibility index (Phi) is 4.98. The average molecular weight is 293 g/mol. The molecule has 1 aromatic rings. The molecule has 1 heterocycles. The Labute approximate surface area is 129 Å². The van der Waals surface area contributed by atoms with Gasteiger partial charge in [0.2, 0.25) is 0 Å². The molecule has 1 N–H and O–H groups in total. The predicted molar refractivity (Wildman–Crippen MR) is 81.7 cm³/mol. The molecule has 1 saturated heterocycles. The number of nitrogens with zero attached hydrogens (tertiary/aromatic N) is 4. The SMILES string of the molecule is Cc1ccc(N2CCOCC2)c(NC(C#N)=C(C#N)C#N)c1. The Hall–Kier alpha value is -3.01. The standard InChI is InChI=1S/C16H15N5O/c1-12-2-3-16(21-4-6-22-7-5-21)14(8-12)20-15(11-19)13(9-17)10-18/h2-3,8,20H,4-7H2,1H3. The van der Waals surface area contributed by atoms with Crippen molar-refractivity contribution in [3.63, 3.8) is 0 Å². The Balaban J connectivity index is 2.40. The summed E-state index contributed by atoms with van der Waals surface area (Å²) < 4.78 is 5.35. The second-order valence-electron chi connectivity index (χ2n) is 4.83. The molecule has 0 aliphatic carbocycles. The summed E-state index contributed by atoms with van der Waals surface area (Å²) in [5.74, 6) is 0.